The van der Waals surface area contributed by atoms with Crippen LogP contribution in [0.1, 0.15) is 41.5 Å². The van der Waals surface area contributed by atoms with Crippen molar-refractivity contribution in [3.05, 3.63) is 35.4 Å². The lowest BCUT2D eigenvalue weighted by atomic mass is 10.1. The third-order valence-corrected chi connectivity index (χ3v) is 3.29. The number of methoxy groups -OCH3 is 1. The van der Waals surface area contributed by atoms with Gasteiger partial charge in [-0.2, -0.15) is 0 Å². The molecule has 0 aromatic heterocycles. The van der Waals surface area contributed by atoms with E-state index < -0.39 is 18.8 Å². The average Bonchev–Trinajstić information content (AvgIpc) is 2.71. The normalized spacial score (nSPS) is 18.6. The second-order valence-electron chi connectivity index (χ2n) is 4.77. The summed E-state index contributed by atoms with van der Waals surface area (Å²) in [4.78, 5) is 25.6. The highest BCUT2D eigenvalue weighted by Gasteiger charge is 2.39. The molecular weight excluding hydrogens is 274 g/mol. The molecule has 2 rings (SSSR count). The van der Waals surface area contributed by atoms with Gasteiger partial charge in [0, 0.05) is 7.11 Å². The molecular formula is C15H19NO5. The Balaban J connectivity index is 2.06. The van der Waals surface area contributed by atoms with Crippen LogP contribution in [0.5, 0.6) is 0 Å². The Bertz CT molecular complexity index is 510. The quantitative estimate of drug-likeness (QED) is 0.593. The first kappa shape index (κ1) is 15.6. The maximum atomic E-state index is 12.3. The van der Waals surface area contributed by atoms with Gasteiger partial charge in [0.05, 0.1) is 11.1 Å². The largest absolute Gasteiger partial charge is 0.356 e. The minimum atomic E-state index is -0.726. The van der Waals surface area contributed by atoms with E-state index in [0.29, 0.717) is 11.1 Å². The highest BCUT2D eigenvalue weighted by atomic mass is 16.8. The maximum Gasteiger partial charge on any atom is 0.263 e. The predicted octanol–water partition coefficient (Wildman–Crippen LogP) is 2.00. The molecule has 1 heterocycles. The van der Waals surface area contributed by atoms with E-state index >= 15 is 0 Å². The first-order chi connectivity index (χ1) is 9.95. The Morgan fingerprint density at radius 2 is 1.43 bits per heavy atom. The fourth-order valence-corrected chi connectivity index (χ4v) is 2.23. The van der Waals surface area contributed by atoms with E-state index in [4.69, 9.17) is 14.2 Å². The summed E-state index contributed by atoms with van der Waals surface area (Å²) < 4.78 is 15.9. The number of imide groups is 1. The number of amides is 2. The Hall–Kier alpha value is -1.76. The van der Waals surface area contributed by atoms with Gasteiger partial charge in [0.2, 0.25) is 0 Å². The Kier molecular flexibility index (Phi) is 4.72. The van der Waals surface area contributed by atoms with E-state index in [0.717, 1.165) is 4.90 Å². The summed E-state index contributed by atoms with van der Waals surface area (Å²) in [7, 11) is 1.52. The van der Waals surface area contributed by atoms with Gasteiger partial charge in [-0.1, -0.05) is 12.1 Å². The molecule has 0 spiro atoms. The molecule has 1 aromatic carbocycles. The number of benzene rings is 1. The van der Waals surface area contributed by atoms with Crippen molar-refractivity contribution in [2.75, 3.05) is 7.11 Å². The standard InChI is InChI=1S/C15H19NO5/c1-9(20-11(3)21-10(2)19-4)16-14(17)12-7-5-6-8-13(12)15(16)18/h5-11H,1-4H3. The Morgan fingerprint density at radius 1 is 0.905 bits per heavy atom. The van der Waals surface area contributed by atoms with Crippen molar-refractivity contribution in [3.8, 4) is 0 Å². The van der Waals surface area contributed by atoms with Gasteiger partial charge >= 0.3 is 0 Å². The zero-order valence-electron chi connectivity index (χ0n) is 12.5. The Morgan fingerprint density at radius 3 is 1.90 bits per heavy atom. The topological polar surface area (TPSA) is 65.1 Å². The van der Waals surface area contributed by atoms with E-state index in [2.05, 4.69) is 0 Å². The van der Waals surface area contributed by atoms with Gasteiger partial charge in [-0.3, -0.25) is 9.59 Å². The van der Waals surface area contributed by atoms with Crippen LogP contribution in [0.2, 0.25) is 0 Å². The van der Waals surface area contributed by atoms with Crippen molar-refractivity contribution >= 4 is 11.8 Å². The zero-order valence-corrected chi connectivity index (χ0v) is 12.5. The molecule has 0 saturated heterocycles. The fourth-order valence-electron chi connectivity index (χ4n) is 2.23. The SMILES string of the molecule is COC(C)OC(C)OC(C)N1C(=O)c2ccccc2C1=O. The van der Waals surface area contributed by atoms with Crippen molar-refractivity contribution in [2.24, 2.45) is 0 Å². The van der Waals surface area contributed by atoms with E-state index in [-0.39, 0.29) is 11.8 Å². The van der Waals surface area contributed by atoms with Gasteiger partial charge in [0.15, 0.2) is 12.6 Å². The number of ether oxygens (including phenoxy) is 3. The molecule has 3 atom stereocenters. The van der Waals surface area contributed by atoms with Crippen LogP contribution in [0.15, 0.2) is 24.3 Å². The van der Waals surface area contributed by atoms with Crippen LogP contribution in [-0.4, -0.2) is 42.6 Å². The molecule has 1 aromatic rings. The fraction of sp³-hybridized carbons (Fsp3) is 0.467. The van der Waals surface area contributed by atoms with Crippen molar-refractivity contribution in [2.45, 2.75) is 39.6 Å². The number of nitrogens with zero attached hydrogens (tertiary/aromatic N) is 1. The number of hydrogen-bond acceptors (Lipinski definition) is 5. The summed E-state index contributed by atoms with van der Waals surface area (Å²) in [5, 5.41) is 0. The zero-order chi connectivity index (χ0) is 15.6. The monoisotopic (exact) mass is 293 g/mol. The van der Waals surface area contributed by atoms with Gasteiger partial charge in [0.25, 0.3) is 11.8 Å². The molecule has 0 fully saturated rings. The second-order valence-corrected chi connectivity index (χ2v) is 4.77. The van der Waals surface area contributed by atoms with Crippen LogP contribution in [0.25, 0.3) is 0 Å². The molecule has 0 N–H and O–H groups in total. The summed E-state index contributed by atoms with van der Waals surface area (Å²) in [5.41, 5.74) is 0.800. The van der Waals surface area contributed by atoms with Crippen LogP contribution < -0.4 is 0 Å². The van der Waals surface area contributed by atoms with Crippen LogP contribution in [0.4, 0.5) is 0 Å². The molecule has 6 heteroatoms. The molecule has 3 unspecified atom stereocenters. The van der Waals surface area contributed by atoms with Gasteiger partial charge in [-0.05, 0) is 32.9 Å². The second kappa shape index (κ2) is 6.34. The summed E-state index contributed by atoms with van der Waals surface area (Å²) in [6.45, 7) is 5.05. The summed E-state index contributed by atoms with van der Waals surface area (Å²) in [5.74, 6) is -0.704. The number of rotatable bonds is 6. The molecule has 1 aliphatic rings. The minimum Gasteiger partial charge on any atom is -0.356 e. The molecule has 0 radical (unpaired) electrons. The van der Waals surface area contributed by atoms with Crippen molar-refractivity contribution in [3.63, 3.8) is 0 Å². The summed E-state index contributed by atoms with van der Waals surface area (Å²) in [6, 6.07) is 6.72. The van der Waals surface area contributed by atoms with E-state index in [9.17, 15) is 9.59 Å². The van der Waals surface area contributed by atoms with Crippen LogP contribution in [0.3, 0.4) is 0 Å². The molecule has 2 amide bonds. The lowest BCUT2D eigenvalue weighted by Crippen LogP contribution is -2.42. The smallest absolute Gasteiger partial charge is 0.263 e. The highest BCUT2D eigenvalue weighted by molar-refractivity contribution is 6.21. The first-order valence-electron chi connectivity index (χ1n) is 6.76. The van der Waals surface area contributed by atoms with Gasteiger partial charge in [0.1, 0.15) is 6.23 Å². The van der Waals surface area contributed by atoms with Crippen molar-refractivity contribution < 1.29 is 23.8 Å². The van der Waals surface area contributed by atoms with Crippen LogP contribution in [0, 0.1) is 0 Å². The third kappa shape index (κ3) is 3.12. The molecule has 0 saturated carbocycles. The summed E-state index contributed by atoms with van der Waals surface area (Å²) in [6.07, 6.45) is -1.77. The number of carbonyl (C=O) groups is 2. The van der Waals surface area contributed by atoms with Crippen LogP contribution in [-0.2, 0) is 14.2 Å². The highest BCUT2D eigenvalue weighted by Crippen LogP contribution is 2.25. The molecule has 0 aliphatic carbocycles. The van der Waals surface area contributed by atoms with Crippen molar-refractivity contribution in [1.82, 2.24) is 4.90 Å². The molecule has 1 aliphatic heterocycles. The Labute approximate surface area is 123 Å². The number of carbonyl (C=O) groups excluding carboxylic acids is 2. The molecule has 21 heavy (non-hydrogen) atoms. The van der Waals surface area contributed by atoms with Gasteiger partial charge < -0.3 is 14.2 Å². The lowest BCUT2D eigenvalue weighted by Gasteiger charge is -2.27. The first-order valence-corrected chi connectivity index (χ1v) is 6.76. The van der Waals surface area contributed by atoms with E-state index in [1.807, 2.05) is 0 Å². The molecule has 114 valence electrons. The number of fused-ring (bicyclic) bond motifs is 1. The molecule has 6 nitrogen and oxygen atoms in total. The maximum absolute atomic E-state index is 12.3. The average molecular weight is 293 g/mol. The van der Waals surface area contributed by atoms with E-state index in [1.54, 1.807) is 45.0 Å². The lowest BCUT2D eigenvalue weighted by molar-refractivity contribution is -0.245. The van der Waals surface area contributed by atoms with Crippen LogP contribution >= 0.6 is 0 Å². The minimum absolute atomic E-state index is 0.352. The molecule has 0 bridgehead atoms. The van der Waals surface area contributed by atoms with Crippen molar-refractivity contribution in [1.29, 1.82) is 0 Å². The predicted molar refractivity (Wildman–Crippen MR) is 74.5 cm³/mol. The van der Waals surface area contributed by atoms with Gasteiger partial charge in [-0.25, -0.2) is 4.90 Å². The summed E-state index contributed by atoms with van der Waals surface area (Å²) >= 11 is 0. The van der Waals surface area contributed by atoms with Gasteiger partial charge in [-0.15, -0.1) is 0 Å². The third-order valence-electron chi connectivity index (χ3n) is 3.29. The van der Waals surface area contributed by atoms with E-state index in [1.165, 1.54) is 7.11 Å². The number of hydrogen-bond donors (Lipinski definition) is 0.